The zero-order chi connectivity index (χ0) is 8.81. The van der Waals surface area contributed by atoms with Crippen molar-refractivity contribution < 1.29 is 0 Å². The van der Waals surface area contributed by atoms with E-state index in [1.165, 1.54) is 11.1 Å². The highest BCUT2D eigenvalue weighted by atomic mass is 14.0. The van der Waals surface area contributed by atoms with Crippen LogP contribution >= 0.6 is 0 Å². The molecule has 0 spiro atoms. The van der Waals surface area contributed by atoms with Crippen LogP contribution in [0, 0.1) is 0 Å². The summed E-state index contributed by atoms with van der Waals surface area (Å²) in [5, 5.41) is 0. The van der Waals surface area contributed by atoms with Crippen molar-refractivity contribution in [2.45, 2.75) is 13.3 Å². The van der Waals surface area contributed by atoms with Gasteiger partial charge < -0.3 is 0 Å². The molecule has 0 heterocycles. The summed E-state index contributed by atoms with van der Waals surface area (Å²) in [5.74, 6) is 0. The van der Waals surface area contributed by atoms with E-state index < -0.39 is 0 Å². The molecule has 0 aliphatic heterocycles. The Morgan fingerprint density at radius 2 is 2.25 bits per heavy atom. The first kappa shape index (κ1) is 8.79. The van der Waals surface area contributed by atoms with E-state index in [9.17, 15) is 0 Å². The lowest BCUT2D eigenvalue weighted by Gasteiger charge is -1.99. The quantitative estimate of drug-likeness (QED) is 0.576. The van der Waals surface area contributed by atoms with Gasteiger partial charge in [-0.15, -0.1) is 0 Å². The lowest BCUT2D eigenvalue weighted by Crippen LogP contribution is -1.80. The second-order valence-corrected chi connectivity index (χ2v) is 2.65. The minimum absolute atomic E-state index is 0.999. The van der Waals surface area contributed by atoms with Gasteiger partial charge in [0.15, 0.2) is 0 Å². The lowest BCUT2D eigenvalue weighted by atomic mass is 10.1. The van der Waals surface area contributed by atoms with E-state index in [1.54, 1.807) is 0 Å². The van der Waals surface area contributed by atoms with Crippen LogP contribution in [0.2, 0.25) is 0 Å². The Balaban J connectivity index is 2.97. The van der Waals surface area contributed by atoms with Crippen molar-refractivity contribution in [3.63, 3.8) is 0 Å². The smallest absolute Gasteiger partial charge is 0.0157 e. The van der Waals surface area contributed by atoms with Crippen molar-refractivity contribution in [3.05, 3.63) is 60.3 Å². The van der Waals surface area contributed by atoms with Crippen molar-refractivity contribution >= 4 is 0 Å². The van der Waals surface area contributed by atoms with Crippen LogP contribution < -0.4 is 0 Å². The van der Waals surface area contributed by atoms with Gasteiger partial charge in [0.1, 0.15) is 0 Å². The van der Waals surface area contributed by atoms with Gasteiger partial charge in [-0.05, 0) is 24.5 Å². The van der Waals surface area contributed by atoms with E-state index in [4.69, 9.17) is 0 Å². The highest BCUT2D eigenvalue weighted by molar-refractivity contribution is 5.48. The summed E-state index contributed by atoms with van der Waals surface area (Å²) in [6, 6.07) is 0. The molecule has 0 atom stereocenters. The first-order valence-corrected chi connectivity index (χ1v) is 4.21. The van der Waals surface area contributed by atoms with Crippen LogP contribution in [0.5, 0.6) is 0 Å². The Bertz CT molecular complexity index is 272. The molecule has 1 aliphatic rings. The average Bonchev–Trinajstić information content (AvgIpc) is 2.30. The maximum atomic E-state index is 3.79. The van der Waals surface area contributed by atoms with Crippen molar-refractivity contribution in [2.24, 2.45) is 0 Å². The molecule has 0 heteroatoms. The Labute approximate surface area is 74.3 Å². The third-order valence-electron chi connectivity index (χ3n) is 1.79. The van der Waals surface area contributed by atoms with Gasteiger partial charge in [-0.3, -0.25) is 0 Å². The second-order valence-electron chi connectivity index (χ2n) is 2.65. The van der Waals surface area contributed by atoms with Gasteiger partial charge in [-0.1, -0.05) is 49.1 Å². The first-order valence-electron chi connectivity index (χ1n) is 4.21. The molecule has 0 fully saturated rings. The SMILES string of the molecule is C=CC1=CCC=CC=C1/C=C\C. The van der Waals surface area contributed by atoms with Crippen LogP contribution in [0.1, 0.15) is 13.3 Å². The monoisotopic (exact) mass is 158 g/mol. The summed E-state index contributed by atoms with van der Waals surface area (Å²) < 4.78 is 0. The van der Waals surface area contributed by atoms with Crippen molar-refractivity contribution in [1.29, 1.82) is 0 Å². The Morgan fingerprint density at radius 1 is 1.42 bits per heavy atom. The predicted octanol–water partition coefficient (Wildman–Crippen LogP) is 3.56. The zero-order valence-corrected chi connectivity index (χ0v) is 7.46. The summed E-state index contributed by atoms with van der Waals surface area (Å²) in [6.07, 6.45) is 15.6. The topological polar surface area (TPSA) is 0 Å². The molecule has 0 N–H and O–H groups in total. The molecule has 1 rings (SSSR count). The molecule has 0 aromatic rings. The fraction of sp³-hybridized carbons (Fsp3) is 0.167. The van der Waals surface area contributed by atoms with E-state index in [0.717, 1.165) is 6.42 Å². The molecule has 0 amide bonds. The highest BCUT2D eigenvalue weighted by Crippen LogP contribution is 2.16. The van der Waals surface area contributed by atoms with E-state index >= 15 is 0 Å². The third kappa shape index (κ3) is 2.09. The van der Waals surface area contributed by atoms with Gasteiger partial charge in [0.25, 0.3) is 0 Å². The van der Waals surface area contributed by atoms with E-state index in [0.29, 0.717) is 0 Å². The Kier molecular flexibility index (Phi) is 3.34. The maximum absolute atomic E-state index is 3.79. The van der Waals surface area contributed by atoms with Crippen molar-refractivity contribution in [2.75, 3.05) is 0 Å². The first-order chi connectivity index (χ1) is 5.88. The van der Waals surface area contributed by atoms with E-state index in [1.807, 2.05) is 19.1 Å². The molecule has 62 valence electrons. The Morgan fingerprint density at radius 3 is 2.92 bits per heavy atom. The standard InChI is InChI=1S/C12H14/c1-3-8-12-10-7-5-6-9-11(12)4-2/h3-5,7-10H,2,6H2,1H3/b8-3-. The van der Waals surface area contributed by atoms with Crippen LogP contribution in [0.15, 0.2) is 60.3 Å². The molecule has 0 saturated carbocycles. The molecule has 0 aromatic carbocycles. The molecule has 12 heavy (non-hydrogen) atoms. The van der Waals surface area contributed by atoms with Gasteiger partial charge in [0.05, 0.1) is 0 Å². The van der Waals surface area contributed by atoms with Crippen LogP contribution in [0.25, 0.3) is 0 Å². The molecule has 1 aliphatic carbocycles. The second kappa shape index (κ2) is 4.55. The molecule has 0 saturated heterocycles. The summed E-state index contributed by atoms with van der Waals surface area (Å²) in [6.45, 7) is 5.81. The fourth-order valence-corrected chi connectivity index (χ4v) is 1.19. The lowest BCUT2D eigenvalue weighted by molar-refractivity contribution is 1.37. The molecular weight excluding hydrogens is 144 g/mol. The summed E-state index contributed by atoms with van der Waals surface area (Å²) >= 11 is 0. The number of rotatable bonds is 2. The van der Waals surface area contributed by atoms with Crippen molar-refractivity contribution in [3.8, 4) is 0 Å². The minimum atomic E-state index is 0.999. The average molecular weight is 158 g/mol. The maximum Gasteiger partial charge on any atom is -0.0157 e. The van der Waals surface area contributed by atoms with Gasteiger partial charge in [0.2, 0.25) is 0 Å². The summed E-state index contributed by atoms with van der Waals surface area (Å²) in [7, 11) is 0. The van der Waals surface area contributed by atoms with E-state index in [-0.39, 0.29) is 0 Å². The van der Waals surface area contributed by atoms with Gasteiger partial charge in [0, 0.05) is 0 Å². The largest absolute Gasteiger partial charge is 0.0985 e. The van der Waals surface area contributed by atoms with Crippen LogP contribution in [-0.2, 0) is 0 Å². The third-order valence-corrected chi connectivity index (χ3v) is 1.79. The molecule has 0 unspecified atom stereocenters. The fourth-order valence-electron chi connectivity index (χ4n) is 1.19. The molecular formula is C12H14. The normalized spacial score (nSPS) is 17.1. The summed E-state index contributed by atoms with van der Waals surface area (Å²) in [5.41, 5.74) is 2.46. The van der Waals surface area contributed by atoms with Crippen LogP contribution in [-0.4, -0.2) is 0 Å². The van der Waals surface area contributed by atoms with Crippen LogP contribution in [0.4, 0.5) is 0 Å². The van der Waals surface area contributed by atoms with Crippen LogP contribution in [0.3, 0.4) is 0 Å². The van der Waals surface area contributed by atoms with Gasteiger partial charge in [-0.2, -0.15) is 0 Å². The predicted molar refractivity (Wildman–Crippen MR) is 54.9 cm³/mol. The Hall–Kier alpha value is -1.30. The molecule has 0 aromatic heterocycles. The van der Waals surface area contributed by atoms with Gasteiger partial charge >= 0.3 is 0 Å². The zero-order valence-electron chi connectivity index (χ0n) is 7.46. The van der Waals surface area contributed by atoms with Gasteiger partial charge in [-0.25, -0.2) is 0 Å². The summed E-state index contributed by atoms with van der Waals surface area (Å²) in [4.78, 5) is 0. The van der Waals surface area contributed by atoms with Crippen molar-refractivity contribution in [1.82, 2.24) is 0 Å². The highest BCUT2D eigenvalue weighted by Gasteiger charge is 1.97. The molecule has 0 bridgehead atoms. The minimum Gasteiger partial charge on any atom is -0.0985 e. The molecule has 0 radical (unpaired) electrons. The number of hydrogen-bond donors (Lipinski definition) is 0. The van der Waals surface area contributed by atoms with E-state index in [2.05, 4.69) is 37.0 Å². The number of hydrogen-bond acceptors (Lipinski definition) is 0. The number of allylic oxidation sites excluding steroid dienone is 9. The molecule has 0 nitrogen and oxygen atoms in total.